The number of imidazole rings is 1. The summed E-state index contributed by atoms with van der Waals surface area (Å²) in [5.74, 6) is 0.691. The van der Waals surface area contributed by atoms with Gasteiger partial charge in [0, 0.05) is 18.9 Å². The van der Waals surface area contributed by atoms with Crippen LogP contribution >= 0.6 is 0 Å². The molecule has 0 fully saturated rings. The first-order valence-corrected chi connectivity index (χ1v) is 6.18. The van der Waals surface area contributed by atoms with Gasteiger partial charge < -0.3 is 14.4 Å². The van der Waals surface area contributed by atoms with Crippen LogP contribution in [0.25, 0.3) is 0 Å². The van der Waals surface area contributed by atoms with E-state index in [9.17, 15) is 5.11 Å². The first kappa shape index (κ1) is 11.4. The van der Waals surface area contributed by atoms with Gasteiger partial charge in [-0.2, -0.15) is 0 Å². The molecule has 1 aliphatic rings. The SMILES string of the molecule is CCn1ccnc1C(O)c1ccc2c(c1)COC2. The second-order valence-corrected chi connectivity index (χ2v) is 4.49. The Hall–Kier alpha value is -1.65. The summed E-state index contributed by atoms with van der Waals surface area (Å²) in [6.07, 6.45) is 2.93. The van der Waals surface area contributed by atoms with Crippen molar-refractivity contribution in [2.75, 3.05) is 0 Å². The average molecular weight is 244 g/mol. The molecule has 1 N–H and O–H groups in total. The summed E-state index contributed by atoms with van der Waals surface area (Å²) < 4.78 is 7.34. The number of aliphatic hydroxyl groups is 1. The van der Waals surface area contributed by atoms with Crippen molar-refractivity contribution in [3.05, 3.63) is 53.1 Å². The molecule has 0 spiro atoms. The van der Waals surface area contributed by atoms with E-state index in [0.717, 1.165) is 12.1 Å². The highest BCUT2D eigenvalue weighted by molar-refractivity contribution is 5.35. The Labute approximate surface area is 106 Å². The van der Waals surface area contributed by atoms with Crippen LogP contribution < -0.4 is 0 Å². The van der Waals surface area contributed by atoms with E-state index in [4.69, 9.17) is 4.74 Å². The van der Waals surface area contributed by atoms with Gasteiger partial charge in [0.1, 0.15) is 11.9 Å². The minimum atomic E-state index is -0.675. The summed E-state index contributed by atoms with van der Waals surface area (Å²) in [4.78, 5) is 4.24. The number of ether oxygens (including phenoxy) is 1. The molecule has 3 rings (SSSR count). The Morgan fingerprint density at radius 1 is 1.39 bits per heavy atom. The maximum absolute atomic E-state index is 10.4. The van der Waals surface area contributed by atoms with Gasteiger partial charge >= 0.3 is 0 Å². The van der Waals surface area contributed by atoms with Gasteiger partial charge in [-0.15, -0.1) is 0 Å². The number of aromatic nitrogens is 2. The lowest BCUT2D eigenvalue weighted by molar-refractivity contribution is 0.134. The van der Waals surface area contributed by atoms with Gasteiger partial charge in [-0.3, -0.25) is 0 Å². The third kappa shape index (κ3) is 1.83. The number of fused-ring (bicyclic) bond motifs is 1. The molecule has 0 radical (unpaired) electrons. The highest BCUT2D eigenvalue weighted by Gasteiger charge is 2.18. The Bertz CT molecular complexity index is 563. The van der Waals surface area contributed by atoms with Crippen LogP contribution in [-0.2, 0) is 24.5 Å². The summed E-state index contributed by atoms with van der Waals surface area (Å²) in [7, 11) is 0. The van der Waals surface area contributed by atoms with Crippen molar-refractivity contribution >= 4 is 0 Å². The minimum Gasteiger partial charge on any atom is -0.380 e. The summed E-state index contributed by atoms with van der Waals surface area (Å²) in [5.41, 5.74) is 3.26. The number of hydrogen-bond acceptors (Lipinski definition) is 3. The fraction of sp³-hybridized carbons (Fsp3) is 0.357. The molecule has 4 heteroatoms. The lowest BCUT2D eigenvalue weighted by Gasteiger charge is -2.13. The van der Waals surface area contributed by atoms with Crippen LogP contribution in [0.2, 0.25) is 0 Å². The summed E-state index contributed by atoms with van der Waals surface area (Å²) in [5, 5.41) is 10.4. The van der Waals surface area contributed by atoms with E-state index >= 15 is 0 Å². The zero-order chi connectivity index (χ0) is 12.5. The van der Waals surface area contributed by atoms with E-state index in [-0.39, 0.29) is 0 Å². The second-order valence-electron chi connectivity index (χ2n) is 4.49. The van der Waals surface area contributed by atoms with Crippen LogP contribution in [0.5, 0.6) is 0 Å². The number of nitrogens with zero attached hydrogens (tertiary/aromatic N) is 2. The molecule has 0 saturated heterocycles. The van der Waals surface area contributed by atoms with E-state index < -0.39 is 6.10 Å². The zero-order valence-corrected chi connectivity index (χ0v) is 10.3. The Kier molecular flexibility index (Phi) is 2.89. The second kappa shape index (κ2) is 4.55. The molecule has 0 aliphatic carbocycles. The van der Waals surface area contributed by atoms with E-state index in [0.29, 0.717) is 19.0 Å². The minimum absolute atomic E-state index is 0.637. The van der Waals surface area contributed by atoms with Crippen LogP contribution in [0, 0.1) is 0 Å². The maximum atomic E-state index is 10.4. The lowest BCUT2D eigenvalue weighted by Crippen LogP contribution is -2.09. The van der Waals surface area contributed by atoms with Crippen molar-refractivity contribution in [1.82, 2.24) is 9.55 Å². The van der Waals surface area contributed by atoms with Gasteiger partial charge in [0.15, 0.2) is 0 Å². The average Bonchev–Trinajstić information content (AvgIpc) is 3.05. The molecule has 1 atom stereocenters. The highest BCUT2D eigenvalue weighted by Crippen LogP contribution is 2.26. The van der Waals surface area contributed by atoms with Gasteiger partial charge in [-0.05, 0) is 23.6 Å². The van der Waals surface area contributed by atoms with E-state index in [1.54, 1.807) is 6.20 Å². The van der Waals surface area contributed by atoms with Crippen molar-refractivity contribution in [3.63, 3.8) is 0 Å². The molecular formula is C14H16N2O2. The molecule has 1 unspecified atom stereocenters. The molecule has 4 nitrogen and oxygen atoms in total. The summed E-state index contributed by atoms with van der Waals surface area (Å²) >= 11 is 0. The van der Waals surface area contributed by atoms with Crippen LogP contribution in [0.3, 0.4) is 0 Å². The summed E-state index contributed by atoms with van der Waals surface area (Å²) in [6, 6.07) is 5.99. The monoisotopic (exact) mass is 244 g/mol. The van der Waals surface area contributed by atoms with Gasteiger partial charge in [0.25, 0.3) is 0 Å². The highest BCUT2D eigenvalue weighted by atomic mass is 16.5. The largest absolute Gasteiger partial charge is 0.380 e. The normalized spacial score (nSPS) is 15.7. The standard InChI is InChI=1S/C14H16N2O2/c1-2-16-6-5-15-14(16)13(17)10-3-4-11-8-18-9-12(11)7-10/h3-7,13,17H,2,8-9H2,1H3. The topological polar surface area (TPSA) is 47.3 Å². The molecule has 0 bridgehead atoms. The lowest BCUT2D eigenvalue weighted by atomic mass is 10.0. The quantitative estimate of drug-likeness (QED) is 0.898. The Morgan fingerprint density at radius 3 is 3.06 bits per heavy atom. The number of aryl methyl sites for hydroxylation is 1. The number of rotatable bonds is 3. The van der Waals surface area contributed by atoms with Crippen molar-refractivity contribution in [3.8, 4) is 0 Å². The molecule has 0 saturated carbocycles. The number of hydrogen-bond donors (Lipinski definition) is 1. The molecule has 94 valence electrons. The van der Waals surface area contributed by atoms with E-state index in [1.807, 2.05) is 35.9 Å². The predicted octanol–water partition coefficient (Wildman–Crippen LogP) is 2.01. The number of aliphatic hydroxyl groups excluding tert-OH is 1. The van der Waals surface area contributed by atoms with Gasteiger partial charge in [-0.1, -0.05) is 18.2 Å². The Balaban J connectivity index is 1.95. The van der Waals surface area contributed by atoms with E-state index in [1.165, 1.54) is 11.1 Å². The van der Waals surface area contributed by atoms with E-state index in [2.05, 4.69) is 4.98 Å². The van der Waals surface area contributed by atoms with Crippen LogP contribution in [0.15, 0.2) is 30.6 Å². The third-order valence-electron chi connectivity index (χ3n) is 3.39. The fourth-order valence-corrected chi connectivity index (χ4v) is 2.35. The van der Waals surface area contributed by atoms with Crippen LogP contribution in [0.4, 0.5) is 0 Å². The van der Waals surface area contributed by atoms with Gasteiger partial charge in [-0.25, -0.2) is 4.98 Å². The maximum Gasteiger partial charge on any atom is 0.142 e. The zero-order valence-electron chi connectivity index (χ0n) is 10.3. The molecule has 0 amide bonds. The van der Waals surface area contributed by atoms with Crippen molar-refractivity contribution in [2.45, 2.75) is 32.8 Å². The van der Waals surface area contributed by atoms with Crippen molar-refractivity contribution in [2.24, 2.45) is 0 Å². The molecular weight excluding hydrogens is 228 g/mol. The third-order valence-corrected chi connectivity index (χ3v) is 3.39. The molecule has 1 aromatic heterocycles. The summed E-state index contributed by atoms with van der Waals surface area (Å²) in [6.45, 7) is 4.16. The molecule has 1 aliphatic heterocycles. The van der Waals surface area contributed by atoms with Crippen LogP contribution in [0.1, 0.15) is 35.5 Å². The van der Waals surface area contributed by atoms with Crippen molar-refractivity contribution in [1.29, 1.82) is 0 Å². The predicted molar refractivity (Wildman–Crippen MR) is 66.9 cm³/mol. The molecule has 18 heavy (non-hydrogen) atoms. The fourth-order valence-electron chi connectivity index (χ4n) is 2.35. The first-order valence-electron chi connectivity index (χ1n) is 6.18. The van der Waals surface area contributed by atoms with Crippen LogP contribution in [-0.4, -0.2) is 14.7 Å². The first-order chi connectivity index (χ1) is 8.79. The smallest absolute Gasteiger partial charge is 0.142 e. The van der Waals surface area contributed by atoms with Gasteiger partial charge in [0.2, 0.25) is 0 Å². The number of benzene rings is 1. The van der Waals surface area contributed by atoms with Gasteiger partial charge in [0.05, 0.1) is 13.2 Å². The van der Waals surface area contributed by atoms with Crippen molar-refractivity contribution < 1.29 is 9.84 Å². The Morgan fingerprint density at radius 2 is 2.22 bits per heavy atom. The molecule has 2 heterocycles. The molecule has 2 aromatic rings. The molecule has 1 aromatic carbocycles.